The van der Waals surface area contributed by atoms with E-state index in [1.54, 1.807) is 0 Å². The fourth-order valence-corrected chi connectivity index (χ4v) is 4.72. The molecule has 8 heteroatoms. The minimum Gasteiger partial charge on any atom is -0.490 e. The Bertz CT molecular complexity index is 1340. The molecule has 0 radical (unpaired) electrons. The molecule has 46 heavy (non-hydrogen) atoms. The fourth-order valence-electron chi connectivity index (χ4n) is 4.72. The molecule has 0 aliphatic heterocycles. The van der Waals surface area contributed by atoms with E-state index < -0.39 is 0 Å². The molecule has 0 saturated heterocycles. The third-order valence-corrected chi connectivity index (χ3v) is 7.02. The van der Waals surface area contributed by atoms with Crippen LogP contribution in [0.1, 0.15) is 51.4 Å². The number of anilines is 2. The van der Waals surface area contributed by atoms with Crippen molar-refractivity contribution < 1.29 is 28.5 Å². The van der Waals surface area contributed by atoms with E-state index in [1.165, 1.54) is 0 Å². The Morgan fingerprint density at radius 1 is 0.413 bits per heavy atom. The first-order valence-corrected chi connectivity index (χ1v) is 16.1. The molecule has 0 aliphatic rings. The smallest absolute Gasteiger partial charge is 0.224 e. The van der Waals surface area contributed by atoms with E-state index in [1.807, 2.05) is 109 Å². The number of hydrogen-bond donors (Lipinski definition) is 2. The molecule has 4 aromatic carbocycles. The number of carbonyl (C=O) groups is 2. The molecule has 4 aromatic rings. The van der Waals surface area contributed by atoms with Crippen molar-refractivity contribution in [3.63, 3.8) is 0 Å². The summed E-state index contributed by atoms with van der Waals surface area (Å²) in [5.41, 5.74) is 1.44. The first-order valence-electron chi connectivity index (χ1n) is 16.1. The predicted octanol–water partition coefficient (Wildman–Crippen LogP) is 8.30. The Morgan fingerprint density at radius 3 is 1.17 bits per heavy atom. The standard InChI is InChI=1S/C38H44N2O6/c41-37(39-31-15-13-21-35(29-31)45-27-25-43-33-17-7-5-8-18-33)23-11-3-1-2-4-12-24-38(42)40-32-16-14-22-36(30-32)46-28-26-44-34-19-9-6-10-20-34/h5-10,13-22,29-30H,1-4,11-12,23-28H2,(H,39,41)(H,40,42). The third kappa shape index (κ3) is 13.8. The van der Waals surface area contributed by atoms with Crippen molar-refractivity contribution in [2.75, 3.05) is 37.1 Å². The topological polar surface area (TPSA) is 95.1 Å². The van der Waals surface area contributed by atoms with Gasteiger partial charge in [0.2, 0.25) is 11.8 Å². The van der Waals surface area contributed by atoms with Gasteiger partial charge in [-0.2, -0.15) is 0 Å². The van der Waals surface area contributed by atoms with Crippen LogP contribution in [0.3, 0.4) is 0 Å². The van der Waals surface area contributed by atoms with Gasteiger partial charge < -0.3 is 29.6 Å². The molecule has 0 fully saturated rings. The molecule has 8 nitrogen and oxygen atoms in total. The number of hydrogen-bond acceptors (Lipinski definition) is 6. The minimum absolute atomic E-state index is 0.00350. The molecule has 0 spiro atoms. The quantitative estimate of drug-likeness (QED) is 0.0906. The lowest BCUT2D eigenvalue weighted by atomic mass is 10.1. The van der Waals surface area contributed by atoms with Crippen LogP contribution in [-0.2, 0) is 9.59 Å². The van der Waals surface area contributed by atoms with Crippen molar-refractivity contribution in [3.05, 3.63) is 109 Å². The molecular formula is C38H44N2O6. The highest BCUT2D eigenvalue weighted by molar-refractivity contribution is 5.91. The van der Waals surface area contributed by atoms with Gasteiger partial charge in [0.15, 0.2) is 0 Å². The van der Waals surface area contributed by atoms with Crippen molar-refractivity contribution in [1.82, 2.24) is 0 Å². The second-order valence-corrected chi connectivity index (χ2v) is 10.8. The van der Waals surface area contributed by atoms with Crippen molar-refractivity contribution in [2.24, 2.45) is 0 Å². The van der Waals surface area contributed by atoms with Crippen molar-refractivity contribution in [3.8, 4) is 23.0 Å². The third-order valence-electron chi connectivity index (χ3n) is 7.02. The van der Waals surface area contributed by atoms with Gasteiger partial charge >= 0.3 is 0 Å². The number of nitrogens with one attached hydrogen (secondary N) is 2. The molecule has 2 N–H and O–H groups in total. The Kier molecular flexibility index (Phi) is 14.8. The normalized spacial score (nSPS) is 10.5. The van der Waals surface area contributed by atoms with E-state index in [2.05, 4.69) is 10.6 Å². The summed E-state index contributed by atoms with van der Waals surface area (Å²) >= 11 is 0. The highest BCUT2D eigenvalue weighted by Crippen LogP contribution is 2.20. The summed E-state index contributed by atoms with van der Waals surface area (Å²) in [6.45, 7) is 1.69. The Hall–Kier alpha value is -4.98. The van der Waals surface area contributed by atoms with E-state index >= 15 is 0 Å². The molecular weight excluding hydrogens is 580 g/mol. The summed E-state index contributed by atoms with van der Waals surface area (Å²) in [6, 6.07) is 34.0. The second-order valence-electron chi connectivity index (χ2n) is 10.8. The van der Waals surface area contributed by atoms with E-state index in [9.17, 15) is 9.59 Å². The number of carbonyl (C=O) groups excluding carboxylic acids is 2. The zero-order valence-electron chi connectivity index (χ0n) is 26.3. The highest BCUT2D eigenvalue weighted by atomic mass is 16.5. The number of unbranched alkanes of at least 4 members (excludes halogenated alkanes) is 5. The van der Waals surface area contributed by atoms with Crippen LogP contribution in [0, 0.1) is 0 Å². The van der Waals surface area contributed by atoms with Crippen LogP contribution in [0.25, 0.3) is 0 Å². The average molecular weight is 625 g/mol. The number of ether oxygens (including phenoxy) is 4. The van der Waals surface area contributed by atoms with E-state index in [4.69, 9.17) is 18.9 Å². The maximum absolute atomic E-state index is 12.4. The number of amides is 2. The van der Waals surface area contributed by atoms with Gasteiger partial charge in [0.05, 0.1) is 0 Å². The fraction of sp³-hybridized carbons (Fsp3) is 0.316. The monoisotopic (exact) mass is 624 g/mol. The predicted molar refractivity (Wildman–Crippen MR) is 182 cm³/mol. The Balaban J connectivity index is 0.993. The van der Waals surface area contributed by atoms with Crippen LogP contribution in [0.5, 0.6) is 23.0 Å². The maximum Gasteiger partial charge on any atom is 0.224 e. The molecule has 0 bridgehead atoms. The van der Waals surface area contributed by atoms with Gasteiger partial charge in [-0.25, -0.2) is 0 Å². The summed E-state index contributed by atoms with van der Waals surface area (Å²) in [5, 5.41) is 5.91. The zero-order valence-corrected chi connectivity index (χ0v) is 26.3. The minimum atomic E-state index is -0.00350. The Labute approximate surface area is 272 Å². The average Bonchev–Trinajstić information content (AvgIpc) is 3.07. The lowest BCUT2D eigenvalue weighted by molar-refractivity contribution is -0.117. The van der Waals surface area contributed by atoms with Gasteiger partial charge in [-0.05, 0) is 61.4 Å². The molecule has 242 valence electrons. The van der Waals surface area contributed by atoms with E-state index in [0.717, 1.165) is 61.4 Å². The molecule has 0 aliphatic carbocycles. The largest absolute Gasteiger partial charge is 0.490 e. The number of benzene rings is 4. The van der Waals surface area contributed by atoms with Crippen LogP contribution >= 0.6 is 0 Å². The highest BCUT2D eigenvalue weighted by Gasteiger charge is 2.06. The van der Waals surface area contributed by atoms with Gasteiger partial charge in [-0.1, -0.05) is 74.2 Å². The van der Waals surface area contributed by atoms with Crippen molar-refractivity contribution in [1.29, 1.82) is 0 Å². The molecule has 4 rings (SSSR count). The first kappa shape index (κ1) is 33.9. The summed E-state index contributed by atoms with van der Waals surface area (Å²) in [4.78, 5) is 24.8. The van der Waals surface area contributed by atoms with Crippen LogP contribution < -0.4 is 29.6 Å². The summed E-state index contributed by atoms with van der Waals surface area (Å²) < 4.78 is 22.8. The Morgan fingerprint density at radius 2 is 0.761 bits per heavy atom. The number of para-hydroxylation sites is 2. The van der Waals surface area contributed by atoms with E-state index in [0.29, 0.717) is 50.8 Å². The summed E-state index contributed by atoms with van der Waals surface area (Å²) in [6.07, 6.45) is 6.64. The van der Waals surface area contributed by atoms with Gasteiger partial charge in [0.25, 0.3) is 0 Å². The van der Waals surface area contributed by atoms with Gasteiger partial charge in [0, 0.05) is 36.3 Å². The lowest BCUT2D eigenvalue weighted by Gasteiger charge is -2.10. The van der Waals surface area contributed by atoms with Crippen LogP contribution in [0.15, 0.2) is 109 Å². The lowest BCUT2D eigenvalue weighted by Crippen LogP contribution is -2.12. The summed E-state index contributed by atoms with van der Waals surface area (Å²) in [5.74, 6) is 2.98. The zero-order chi connectivity index (χ0) is 32.1. The summed E-state index contributed by atoms with van der Waals surface area (Å²) in [7, 11) is 0. The molecule has 2 amide bonds. The first-order chi connectivity index (χ1) is 22.6. The van der Waals surface area contributed by atoms with Gasteiger partial charge in [-0.3, -0.25) is 9.59 Å². The second kappa shape index (κ2) is 20.1. The SMILES string of the molecule is O=C(CCCCCCCCC(=O)Nc1cccc(OCCOc2ccccc2)c1)Nc1cccc(OCCOc2ccccc2)c1. The van der Waals surface area contributed by atoms with Crippen molar-refractivity contribution in [2.45, 2.75) is 51.4 Å². The van der Waals surface area contributed by atoms with E-state index in [-0.39, 0.29) is 11.8 Å². The molecule has 0 saturated carbocycles. The van der Waals surface area contributed by atoms with Gasteiger partial charge in [-0.15, -0.1) is 0 Å². The maximum atomic E-state index is 12.4. The molecule has 0 atom stereocenters. The van der Waals surface area contributed by atoms with Crippen LogP contribution in [0.4, 0.5) is 11.4 Å². The molecule has 0 unspecified atom stereocenters. The van der Waals surface area contributed by atoms with Crippen molar-refractivity contribution >= 4 is 23.2 Å². The molecule has 0 aromatic heterocycles. The van der Waals surface area contributed by atoms with Gasteiger partial charge in [0.1, 0.15) is 49.4 Å². The van der Waals surface area contributed by atoms with Crippen LogP contribution in [-0.4, -0.2) is 38.2 Å². The molecule has 0 heterocycles. The number of rotatable bonds is 21. The van der Waals surface area contributed by atoms with Crippen LogP contribution in [0.2, 0.25) is 0 Å².